The highest BCUT2D eigenvalue weighted by molar-refractivity contribution is 8.14. The van der Waals surface area contributed by atoms with E-state index in [1.54, 1.807) is 18.9 Å². The van der Waals surface area contributed by atoms with Crippen LogP contribution in [-0.4, -0.2) is 23.6 Å². The highest BCUT2D eigenvalue weighted by atomic mass is 32.2. The van der Waals surface area contributed by atoms with E-state index < -0.39 is 0 Å². The van der Waals surface area contributed by atoms with Gasteiger partial charge in [0.25, 0.3) is 0 Å². The van der Waals surface area contributed by atoms with Crippen LogP contribution in [0.1, 0.15) is 26.7 Å². The van der Waals surface area contributed by atoms with Gasteiger partial charge in [0, 0.05) is 17.5 Å². The maximum absolute atomic E-state index is 5.22. The number of ether oxygens (including phenoxy) is 1. The van der Waals surface area contributed by atoms with Crippen molar-refractivity contribution in [2.24, 2.45) is 4.99 Å². The van der Waals surface area contributed by atoms with Gasteiger partial charge >= 0.3 is 0 Å². The molecule has 4 heteroatoms. The van der Waals surface area contributed by atoms with E-state index in [2.05, 4.69) is 19.2 Å². The van der Waals surface area contributed by atoms with E-state index in [4.69, 9.17) is 9.73 Å². The minimum atomic E-state index is 0.131. The van der Waals surface area contributed by atoms with Crippen molar-refractivity contribution in [1.29, 1.82) is 0 Å². The molecule has 1 aromatic rings. The molecule has 0 amide bonds. The van der Waals surface area contributed by atoms with Crippen LogP contribution in [0.3, 0.4) is 0 Å². The number of aliphatic imine (C=N–C) groups is 1. The predicted molar refractivity (Wildman–Crippen MR) is 79.8 cm³/mol. The predicted octanol–water partition coefficient (Wildman–Crippen LogP) is 3.77. The number of rotatable bonds is 4. The Hall–Kier alpha value is -1.16. The van der Waals surface area contributed by atoms with Gasteiger partial charge in [0.05, 0.1) is 12.6 Å². The van der Waals surface area contributed by atoms with Gasteiger partial charge in [-0.2, -0.15) is 0 Å². The zero-order valence-corrected chi connectivity index (χ0v) is 12.0. The normalized spacial score (nSPS) is 17.4. The molecule has 0 atom stereocenters. The van der Waals surface area contributed by atoms with Crippen molar-refractivity contribution in [3.05, 3.63) is 24.3 Å². The van der Waals surface area contributed by atoms with E-state index in [9.17, 15) is 0 Å². The number of nitrogens with one attached hydrogen (secondary N) is 1. The molecule has 1 heterocycles. The van der Waals surface area contributed by atoms with Crippen molar-refractivity contribution >= 4 is 22.6 Å². The second kappa shape index (κ2) is 5.65. The van der Waals surface area contributed by atoms with Gasteiger partial charge in [-0.3, -0.25) is 4.99 Å². The lowest BCUT2D eigenvalue weighted by atomic mass is 9.97. The Balaban J connectivity index is 2.10. The molecule has 0 bridgehead atoms. The summed E-state index contributed by atoms with van der Waals surface area (Å²) < 4.78 is 5.22. The molecule has 1 N–H and O–H groups in total. The first-order valence-corrected chi connectivity index (χ1v) is 7.33. The molecule has 18 heavy (non-hydrogen) atoms. The Morgan fingerprint density at radius 3 is 2.78 bits per heavy atom. The van der Waals surface area contributed by atoms with Gasteiger partial charge in [0.2, 0.25) is 0 Å². The Labute approximate surface area is 113 Å². The van der Waals surface area contributed by atoms with Crippen molar-refractivity contribution in [3.63, 3.8) is 0 Å². The summed E-state index contributed by atoms with van der Waals surface area (Å²) in [5.74, 6) is 1.94. The lowest BCUT2D eigenvalue weighted by molar-refractivity contribution is 0.415. The van der Waals surface area contributed by atoms with E-state index in [1.807, 2.05) is 24.3 Å². The second-order valence-corrected chi connectivity index (χ2v) is 5.46. The van der Waals surface area contributed by atoms with Crippen LogP contribution in [0.4, 0.5) is 5.69 Å². The van der Waals surface area contributed by atoms with Gasteiger partial charge in [-0.1, -0.05) is 31.7 Å². The van der Waals surface area contributed by atoms with Crippen LogP contribution in [0.5, 0.6) is 5.75 Å². The lowest BCUT2D eigenvalue weighted by Gasteiger charge is -2.20. The number of hydrogen-bond acceptors (Lipinski definition) is 4. The van der Waals surface area contributed by atoms with Crippen LogP contribution in [0.25, 0.3) is 0 Å². The third-order valence-electron chi connectivity index (χ3n) is 3.45. The molecule has 3 nitrogen and oxygen atoms in total. The van der Waals surface area contributed by atoms with E-state index >= 15 is 0 Å². The molecule has 0 saturated heterocycles. The van der Waals surface area contributed by atoms with E-state index in [-0.39, 0.29) is 5.54 Å². The van der Waals surface area contributed by atoms with Crippen molar-refractivity contribution in [1.82, 2.24) is 0 Å². The molecule has 0 unspecified atom stereocenters. The van der Waals surface area contributed by atoms with Crippen molar-refractivity contribution < 1.29 is 4.74 Å². The van der Waals surface area contributed by atoms with Crippen LogP contribution < -0.4 is 10.1 Å². The van der Waals surface area contributed by atoms with Crippen LogP contribution >= 0.6 is 11.8 Å². The number of benzene rings is 1. The second-order valence-electron chi connectivity index (χ2n) is 4.49. The monoisotopic (exact) mass is 264 g/mol. The van der Waals surface area contributed by atoms with Crippen LogP contribution in [0.2, 0.25) is 0 Å². The van der Waals surface area contributed by atoms with E-state index in [0.29, 0.717) is 0 Å². The maximum Gasteiger partial charge on any atom is 0.161 e. The molecule has 1 aromatic carbocycles. The first kappa shape index (κ1) is 13.3. The number of nitrogens with zero attached hydrogens (tertiary/aromatic N) is 1. The van der Waals surface area contributed by atoms with Crippen LogP contribution in [0, 0.1) is 0 Å². The number of amidine groups is 1. The molecule has 0 aromatic heterocycles. The average Bonchev–Trinajstić information content (AvgIpc) is 2.83. The van der Waals surface area contributed by atoms with Gasteiger partial charge < -0.3 is 10.1 Å². The van der Waals surface area contributed by atoms with Crippen molar-refractivity contribution in [3.8, 4) is 5.75 Å². The Morgan fingerprint density at radius 1 is 1.39 bits per heavy atom. The largest absolute Gasteiger partial charge is 0.497 e. The van der Waals surface area contributed by atoms with Gasteiger partial charge in [0.1, 0.15) is 5.75 Å². The third-order valence-corrected chi connectivity index (χ3v) is 4.60. The summed E-state index contributed by atoms with van der Waals surface area (Å²) in [6, 6.07) is 7.94. The fraction of sp³-hybridized carbons (Fsp3) is 0.500. The molecular formula is C14H20N2OS. The Bertz CT molecular complexity index is 441. The SMILES string of the molecule is CCC1(CC)CSC(Nc2cccc(OC)c2)=N1. The summed E-state index contributed by atoms with van der Waals surface area (Å²) in [5, 5.41) is 4.39. The number of hydrogen-bond donors (Lipinski definition) is 1. The standard InChI is InChI=1S/C14H20N2OS/c1-4-14(5-2)10-18-13(16-14)15-11-7-6-8-12(9-11)17-3/h6-9H,4-5,10H2,1-3H3,(H,15,16). The molecule has 0 spiro atoms. The van der Waals surface area contributed by atoms with Crippen molar-refractivity contribution in [2.75, 3.05) is 18.2 Å². The van der Waals surface area contributed by atoms with Gasteiger partial charge in [-0.25, -0.2) is 0 Å². The Morgan fingerprint density at radius 2 is 2.17 bits per heavy atom. The molecule has 0 aliphatic carbocycles. The smallest absolute Gasteiger partial charge is 0.161 e. The summed E-state index contributed by atoms with van der Waals surface area (Å²) in [5.41, 5.74) is 1.16. The van der Waals surface area contributed by atoms with Gasteiger partial charge in [-0.15, -0.1) is 0 Å². The summed E-state index contributed by atoms with van der Waals surface area (Å²) in [7, 11) is 1.68. The van der Waals surface area contributed by atoms with Gasteiger partial charge in [-0.05, 0) is 25.0 Å². The van der Waals surface area contributed by atoms with Crippen molar-refractivity contribution in [2.45, 2.75) is 32.2 Å². The van der Waals surface area contributed by atoms with Gasteiger partial charge in [0.15, 0.2) is 5.17 Å². The minimum Gasteiger partial charge on any atom is -0.497 e. The van der Waals surface area contributed by atoms with E-state index in [1.165, 1.54) is 0 Å². The fourth-order valence-corrected chi connectivity index (χ4v) is 3.31. The number of methoxy groups -OCH3 is 1. The minimum absolute atomic E-state index is 0.131. The molecular weight excluding hydrogens is 244 g/mol. The first-order chi connectivity index (χ1) is 8.71. The third kappa shape index (κ3) is 2.80. The zero-order chi connectivity index (χ0) is 13.0. The highest BCUT2D eigenvalue weighted by Crippen LogP contribution is 2.34. The van der Waals surface area contributed by atoms with E-state index in [0.717, 1.165) is 35.2 Å². The van der Waals surface area contributed by atoms with Crippen LogP contribution in [0.15, 0.2) is 29.3 Å². The maximum atomic E-state index is 5.22. The fourth-order valence-electron chi connectivity index (χ4n) is 1.98. The molecule has 0 fully saturated rings. The Kier molecular flexibility index (Phi) is 4.17. The lowest BCUT2D eigenvalue weighted by Crippen LogP contribution is -2.24. The summed E-state index contributed by atoms with van der Waals surface area (Å²) in [4.78, 5) is 4.83. The molecule has 1 aliphatic rings. The summed E-state index contributed by atoms with van der Waals surface area (Å²) in [6.07, 6.45) is 2.19. The number of thioether (sulfide) groups is 1. The molecule has 1 aliphatic heterocycles. The van der Waals surface area contributed by atoms with Crippen LogP contribution in [-0.2, 0) is 0 Å². The molecule has 98 valence electrons. The topological polar surface area (TPSA) is 33.6 Å². The summed E-state index contributed by atoms with van der Waals surface area (Å²) in [6.45, 7) is 4.42. The quantitative estimate of drug-likeness (QED) is 0.898. The number of anilines is 1. The highest BCUT2D eigenvalue weighted by Gasteiger charge is 2.32. The zero-order valence-electron chi connectivity index (χ0n) is 11.2. The molecule has 0 saturated carbocycles. The summed E-state index contributed by atoms with van der Waals surface area (Å²) >= 11 is 1.80. The first-order valence-electron chi connectivity index (χ1n) is 6.35. The average molecular weight is 264 g/mol. The molecule has 0 radical (unpaired) electrons. The molecule has 2 rings (SSSR count).